The summed E-state index contributed by atoms with van der Waals surface area (Å²) in [5.41, 5.74) is 1.10. The second-order valence-electron chi connectivity index (χ2n) is 5.71. The average molecular weight is 326 g/mol. The molecular weight excluding hydrogens is 308 g/mol. The molecule has 0 aliphatic carbocycles. The minimum absolute atomic E-state index is 0.535. The monoisotopic (exact) mass is 326 g/mol. The van der Waals surface area contributed by atoms with Gasteiger partial charge in [-0.15, -0.1) is 11.3 Å². The fraction of sp³-hybridized carbons (Fsp3) is 0.375. The molecule has 1 aliphatic rings. The molecule has 3 aromatic heterocycles. The molecule has 23 heavy (non-hydrogen) atoms. The van der Waals surface area contributed by atoms with Crippen LogP contribution in [-0.4, -0.2) is 42.2 Å². The van der Waals surface area contributed by atoms with Crippen LogP contribution in [0.3, 0.4) is 0 Å². The average Bonchev–Trinajstić information content (AvgIpc) is 3.33. The smallest absolute Gasteiger partial charge is 0.188 e. The van der Waals surface area contributed by atoms with Crippen molar-refractivity contribution in [2.75, 3.05) is 6.54 Å². The molecule has 118 valence electrons. The first-order valence-electron chi connectivity index (χ1n) is 7.82. The summed E-state index contributed by atoms with van der Waals surface area (Å²) in [4.78, 5) is 15.8. The van der Waals surface area contributed by atoms with Gasteiger partial charge in [-0.05, 0) is 31.5 Å². The van der Waals surface area contributed by atoms with Crippen molar-refractivity contribution in [3.63, 3.8) is 0 Å². The lowest BCUT2D eigenvalue weighted by atomic mass is 10.2. The summed E-state index contributed by atoms with van der Waals surface area (Å²) in [6.07, 6.45) is 9.84. The Morgan fingerprint density at radius 3 is 2.91 bits per heavy atom. The van der Waals surface area contributed by atoms with Gasteiger partial charge in [-0.1, -0.05) is 0 Å². The molecule has 1 fully saturated rings. The zero-order valence-electron chi connectivity index (χ0n) is 12.7. The van der Waals surface area contributed by atoms with Crippen LogP contribution in [0.15, 0.2) is 42.3 Å². The molecule has 1 unspecified atom stereocenters. The van der Waals surface area contributed by atoms with Gasteiger partial charge in [-0.2, -0.15) is 5.10 Å². The Morgan fingerprint density at radius 2 is 2.09 bits per heavy atom. The number of hydrogen-bond donors (Lipinski definition) is 0. The van der Waals surface area contributed by atoms with Gasteiger partial charge in [0.2, 0.25) is 0 Å². The lowest BCUT2D eigenvalue weighted by molar-refractivity contribution is 0.217. The zero-order valence-corrected chi connectivity index (χ0v) is 13.6. The molecule has 1 aliphatic heterocycles. The zero-order chi connectivity index (χ0) is 15.5. The van der Waals surface area contributed by atoms with Gasteiger partial charge in [0.05, 0.1) is 12.2 Å². The molecule has 3 aromatic rings. The predicted octanol–water partition coefficient (Wildman–Crippen LogP) is 2.46. The van der Waals surface area contributed by atoms with E-state index in [9.17, 15) is 0 Å². The quantitative estimate of drug-likeness (QED) is 0.721. The maximum Gasteiger partial charge on any atom is 0.188 e. The summed E-state index contributed by atoms with van der Waals surface area (Å²) in [7, 11) is 0. The molecule has 0 spiro atoms. The Kier molecular flexibility index (Phi) is 4.12. The third kappa shape index (κ3) is 3.30. The Bertz CT molecular complexity index is 739. The van der Waals surface area contributed by atoms with Crippen LogP contribution >= 0.6 is 11.3 Å². The molecule has 0 bridgehead atoms. The molecule has 0 radical (unpaired) electrons. The van der Waals surface area contributed by atoms with Crippen LogP contribution in [0, 0.1) is 0 Å². The fourth-order valence-corrected chi connectivity index (χ4v) is 3.79. The SMILES string of the molecule is c1cnc(-c2nc(CN3CCCC3Cn3cccn3)cs2)nc1. The first-order chi connectivity index (χ1) is 11.4. The number of hydrogen-bond acceptors (Lipinski definition) is 6. The topological polar surface area (TPSA) is 59.7 Å². The fourth-order valence-electron chi connectivity index (χ4n) is 3.03. The summed E-state index contributed by atoms with van der Waals surface area (Å²) < 4.78 is 2.02. The van der Waals surface area contributed by atoms with E-state index in [-0.39, 0.29) is 0 Å². The molecule has 1 saturated heterocycles. The summed E-state index contributed by atoms with van der Waals surface area (Å²) in [5.74, 6) is 0.707. The standard InChI is InChI=1S/C16H18N6S/c1-4-14(11-22-9-3-7-19-22)21(8-1)10-13-12-23-16(20-13)15-17-5-2-6-18-15/h2-3,5-7,9,12,14H,1,4,8,10-11H2. The van der Waals surface area contributed by atoms with E-state index in [2.05, 4.69) is 25.3 Å². The number of rotatable bonds is 5. The molecule has 0 amide bonds. The normalized spacial score (nSPS) is 18.5. The van der Waals surface area contributed by atoms with Crippen LogP contribution in [0.1, 0.15) is 18.5 Å². The third-order valence-corrected chi connectivity index (χ3v) is 5.02. The van der Waals surface area contributed by atoms with E-state index in [0.29, 0.717) is 11.9 Å². The second kappa shape index (κ2) is 6.55. The Hall–Kier alpha value is -2.12. The number of thiazole rings is 1. The maximum absolute atomic E-state index is 4.70. The molecule has 0 N–H and O–H groups in total. The highest BCUT2D eigenvalue weighted by Crippen LogP contribution is 2.24. The van der Waals surface area contributed by atoms with Crippen LogP contribution in [0.4, 0.5) is 0 Å². The van der Waals surface area contributed by atoms with Crippen molar-refractivity contribution in [2.45, 2.75) is 32.0 Å². The summed E-state index contributed by atoms with van der Waals surface area (Å²) in [6.45, 7) is 2.96. The lowest BCUT2D eigenvalue weighted by Crippen LogP contribution is -2.32. The van der Waals surface area contributed by atoms with Crippen molar-refractivity contribution < 1.29 is 0 Å². The van der Waals surface area contributed by atoms with E-state index < -0.39 is 0 Å². The molecule has 4 heterocycles. The van der Waals surface area contributed by atoms with Gasteiger partial charge in [0.1, 0.15) is 0 Å². The van der Waals surface area contributed by atoms with Crippen LogP contribution in [-0.2, 0) is 13.1 Å². The highest BCUT2D eigenvalue weighted by molar-refractivity contribution is 7.13. The van der Waals surface area contributed by atoms with Crippen LogP contribution in [0.25, 0.3) is 10.8 Å². The van der Waals surface area contributed by atoms with Crippen LogP contribution in [0.2, 0.25) is 0 Å². The molecule has 4 rings (SSSR count). The third-order valence-electron chi connectivity index (χ3n) is 4.13. The van der Waals surface area contributed by atoms with E-state index in [1.807, 2.05) is 29.2 Å². The molecule has 7 heteroatoms. The van der Waals surface area contributed by atoms with Gasteiger partial charge in [-0.25, -0.2) is 15.0 Å². The molecule has 0 aromatic carbocycles. The predicted molar refractivity (Wildman–Crippen MR) is 88.8 cm³/mol. The first kappa shape index (κ1) is 14.5. The van der Waals surface area contributed by atoms with E-state index in [1.54, 1.807) is 23.7 Å². The van der Waals surface area contributed by atoms with Gasteiger partial charge in [0.25, 0.3) is 0 Å². The Morgan fingerprint density at radius 1 is 1.17 bits per heavy atom. The van der Waals surface area contributed by atoms with Gasteiger partial charge >= 0.3 is 0 Å². The van der Waals surface area contributed by atoms with Gasteiger partial charge in [0.15, 0.2) is 10.8 Å². The van der Waals surface area contributed by atoms with Crippen molar-refractivity contribution in [3.05, 3.63) is 48.0 Å². The van der Waals surface area contributed by atoms with Gasteiger partial charge in [0, 0.05) is 42.8 Å². The lowest BCUT2D eigenvalue weighted by Gasteiger charge is -2.23. The van der Waals surface area contributed by atoms with E-state index in [1.165, 1.54) is 12.8 Å². The summed E-state index contributed by atoms with van der Waals surface area (Å²) >= 11 is 1.61. The summed E-state index contributed by atoms with van der Waals surface area (Å²) in [6, 6.07) is 4.33. The number of likely N-dealkylation sites (tertiary alicyclic amines) is 1. The van der Waals surface area contributed by atoms with Crippen molar-refractivity contribution in [2.24, 2.45) is 0 Å². The van der Waals surface area contributed by atoms with Gasteiger partial charge < -0.3 is 0 Å². The highest BCUT2D eigenvalue weighted by Gasteiger charge is 2.25. The Labute approximate surface area is 138 Å². The molecule has 6 nitrogen and oxygen atoms in total. The molecular formula is C16H18N6S. The van der Waals surface area contributed by atoms with E-state index >= 15 is 0 Å². The van der Waals surface area contributed by atoms with Crippen LogP contribution in [0.5, 0.6) is 0 Å². The largest absolute Gasteiger partial charge is 0.293 e. The summed E-state index contributed by atoms with van der Waals surface area (Å²) in [5, 5.41) is 7.34. The van der Waals surface area contributed by atoms with Crippen molar-refractivity contribution in [1.29, 1.82) is 0 Å². The van der Waals surface area contributed by atoms with Crippen molar-refractivity contribution in [1.82, 2.24) is 29.6 Å². The maximum atomic E-state index is 4.70. The first-order valence-corrected chi connectivity index (χ1v) is 8.70. The number of nitrogens with zero attached hydrogens (tertiary/aromatic N) is 6. The Balaban J connectivity index is 1.44. The van der Waals surface area contributed by atoms with E-state index in [0.717, 1.165) is 30.3 Å². The highest BCUT2D eigenvalue weighted by atomic mass is 32.1. The minimum Gasteiger partial charge on any atom is -0.293 e. The number of aromatic nitrogens is 5. The molecule has 1 atom stereocenters. The van der Waals surface area contributed by atoms with Crippen LogP contribution < -0.4 is 0 Å². The minimum atomic E-state index is 0.535. The van der Waals surface area contributed by atoms with Crippen molar-refractivity contribution >= 4 is 11.3 Å². The van der Waals surface area contributed by atoms with E-state index in [4.69, 9.17) is 4.98 Å². The molecule has 0 saturated carbocycles. The second-order valence-corrected chi connectivity index (χ2v) is 6.57. The van der Waals surface area contributed by atoms with Crippen molar-refractivity contribution in [3.8, 4) is 10.8 Å². The van der Waals surface area contributed by atoms with Gasteiger partial charge in [-0.3, -0.25) is 9.58 Å².